The third kappa shape index (κ3) is 3.47. The highest BCUT2D eigenvalue weighted by molar-refractivity contribution is 6.30. The van der Waals surface area contributed by atoms with Crippen LogP contribution in [0.4, 0.5) is 11.4 Å². The predicted molar refractivity (Wildman–Crippen MR) is 88.3 cm³/mol. The molecule has 2 aromatic rings. The summed E-state index contributed by atoms with van der Waals surface area (Å²) in [6, 6.07) is 9.39. The van der Waals surface area contributed by atoms with Crippen LogP contribution in [0.3, 0.4) is 0 Å². The minimum Gasteiger partial charge on any atom is -0.454 e. The molecule has 8 heteroatoms. The second-order valence-corrected chi connectivity index (χ2v) is 5.29. The number of hydrogen-bond donors (Lipinski definition) is 1. The molecule has 0 bridgehead atoms. The molecule has 122 valence electrons. The number of rotatable bonds is 4. The summed E-state index contributed by atoms with van der Waals surface area (Å²) in [6.07, 6.45) is 2.55. The van der Waals surface area contributed by atoms with Crippen molar-refractivity contribution in [2.75, 3.05) is 12.1 Å². The monoisotopic (exact) mass is 346 g/mol. The van der Waals surface area contributed by atoms with Gasteiger partial charge in [0.1, 0.15) is 0 Å². The second-order valence-electron chi connectivity index (χ2n) is 4.85. The fraction of sp³-hybridized carbons (Fsp3) is 0.0625. The van der Waals surface area contributed by atoms with Gasteiger partial charge in [-0.05, 0) is 30.3 Å². The van der Waals surface area contributed by atoms with Crippen molar-refractivity contribution in [3.63, 3.8) is 0 Å². The van der Waals surface area contributed by atoms with E-state index in [1.54, 1.807) is 24.3 Å². The second kappa shape index (κ2) is 6.59. The van der Waals surface area contributed by atoms with Crippen LogP contribution in [-0.4, -0.2) is 17.6 Å². The van der Waals surface area contributed by atoms with Crippen LogP contribution >= 0.6 is 11.6 Å². The van der Waals surface area contributed by atoms with Gasteiger partial charge in [0.15, 0.2) is 11.5 Å². The number of halogens is 1. The summed E-state index contributed by atoms with van der Waals surface area (Å²) < 4.78 is 10.3. The van der Waals surface area contributed by atoms with Crippen molar-refractivity contribution in [1.82, 2.24) is 0 Å². The first-order valence-electron chi connectivity index (χ1n) is 6.85. The molecule has 0 unspecified atom stereocenters. The summed E-state index contributed by atoms with van der Waals surface area (Å²) in [4.78, 5) is 22.6. The van der Waals surface area contributed by atoms with Crippen molar-refractivity contribution >= 4 is 35.0 Å². The number of benzene rings is 2. The van der Waals surface area contributed by atoms with E-state index in [4.69, 9.17) is 21.1 Å². The lowest BCUT2D eigenvalue weighted by molar-refractivity contribution is -0.385. The Morgan fingerprint density at radius 3 is 2.71 bits per heavy atom. The van der Waals surface area contributed by atoms with Gasteiger partial charge < -0.3 is 14.8 Å². The van der Waals surface area contributed by atoms with Gasteiger partial charge in [0.2, 0.25) is 12.7 Å². The molecule has 0 saturated carbocycles. The molecule has 0 aromatic heterocycles. The van der Waals surface area contributed by atoms with Gasteiger partial charge >= 0.3 is 0 Å². The van der Waals surface area contributed by atoms with Crippen LogP contribution < -0.4 is 14.8 Å². The number of nitrogens with one attached hydrogen (secondary N) is 1. The maximum Gasteiger partial charge on any atom is 0.280 e. The van der Waals surface area contributed by atoms with E-state index in [2.05, 4.69) is 5.32 Å². The smallest absolute Gasteiger partial charge is 0.280 e. The Bertz CT molecular complexity index is 850. The van der Waals surface area contributed by atoms with Gasteiger partial charge in [0, 0.05) is 16.8 Å². The summed E-state index contributed by atoms with van der Waals surface area (Å²) in [6.45, 7) is 0.00884. The zero-order valence-corrected chi connectivity index (χ0v) is 12.9. The standard InChI is InChI=1S/C16H11ClN2O5/c17-11-2-1-3-12(7-11)18-16(20)5-4-10-6-14-15(24-9-23-14)8-13(10)19(21)22/h1-8H,9H2,(H,18,20)/b5-4+. The van der Waals surface area contributed by atoms with Gasteiger partial charge in [0.05, 0.1) is 16.6 Å². The maximum absolute atomic E-state index is 11.9. The summed E-state index contributed by atoms with van der Waals surface area (Å²) in [7, 11) is 0. The first kappa shape index (κ1) is 15.8. The largest absolute Gasteiger partial charge is 0.454 e. The lowest BCUT2D eigenvalue weighted by Gasteiger charge is -2.03. The van der Waals surface area contributed by atoms with E-state index < -0.39 is 10.8 Å². The summed E-state index contributed by atoms with van der Waals surface area (Å²) in [5, 5.41) is 14.3. The third-order valence-corrected chi connectivity index (χ3v) is 3.46. The molecule has 0 saturated heterocycles. The fourth-order valence-corrected chi connectivity index (χ4v) is 2.34. The molecule has 0 aliphatic carbocycles. The van der Waals surface area contributed by atoms with Gasteiger partial charge in [-0.3, -0.25) is 14.9 Å². The van der Waals surface area contributed by atoms with Crippen molar-refractivity contribution in [2.45, 2.75) is 0 Å². The van der Waals surface area contributed by atoms with Crippen LogP contribution in [0.5, 0.6) is 11.5 Å². The number of anilines is 1. The lowest BCUT2D eigenvalue weighted by Crippen LogP contribution is -2.07. The first-order chi connectivity index (χ1) is 11.5. The van der Waals surface area contributed by atoms with E-state index in [0.29, 0.717) is 22.2 Å². The summed E-state index contributed by atoms with van der Waals surface area (Å²) in [5.41, 5.74) is 0.592. The highest BCUT2D eigenvalue weighted by Crippen LogP contribution is 2.38. The van der Waals surface area contributed by atoms with Gasteiger partial charge in [0.25, 0.3) is 5.69 Å². The predicted octanol–water partition coefficient (Wildman–Crippen LogP) is 3.63. The average Bonchev–Trinajstić information content (AvgIpc) is 2.99. The number of hydrogen-bond acceptors (Lipinski definition) is 5. The number of carbonyl (C=O) groups is 1. The normalized spacial score (nSPS) is 12.4. The molecule has 3 rings (SSSR count). The third-order valence-electron chi connectivity index (χ3n) is 3.22. The zero-order chi connectivity index (χ0) is 17.1. The van der Waals surface area contributed by atoms with Crippen molar-refractivity contribution in [2.24, 2.45) is 0 Å². The van der Waals surface area contributed by atoms with Crippen LogP contribution in [0.25, 0.3) is 6.08 Å². The molecule has 0 spiro atoms. The van der Waals surface area contributed by atoms with Gasteiger partial charge in [-0.1, -0.05) is 17.7 Å². The molecule has 1 N–H and O–H groups in total. The van der Waals surface area contributed by atoms with Gasteiger partial charge in [-0.15, -0.1) is 0 Å². The van der Waals surface area contributed by atoms with Gasteiger partial charge in [-0.2, -0.15) is 0 Å². The van der Waals surface area contributed by atoms with Crippen LogP contribution in [-0.2, 0) is 4.79 Å². The van der Waals surface area contributed by atoms with Crippen LogP contribution in [0.15, 0.2) is 42.5 Å². The molecule has 0 radical (unpaired) electrons. The zero-order valence-electron chi connectivity index (χ0n) is 12.2. The number of amides is 1. The number of nitro groups is 1. The van der Waals surface area contributed by atoms with Gasteiger partial charge in [-0.25, -0.2) is 0 Å². The van der Waals surface area contributed by atoms with Crippen molar-refractivity contribution < 1.29 is 19.2 Å². The van der Waals surface area contributed by atoms with Crippen LogP contribution in [0.1, 0.15) is 5.56 Å². The highest BCUT2D eigenvalue weighted by Gasteiger charge is 2.22. The Balaban J connectivity index is 1.81. The van der Waals surface area contributed by atoms with E-state index >= 15 is 0 Å². The van der Waals surface area contributed by atoms with E-state index in [9.17, 15) is 14.9 Å². The number of carbonyl (C=O) groups excluding carboxylic acids is 1. The summed E-state index contributed by atoms with van der Waals surface area (Å²) >= 11 is 5.84. The minimum atomic E-state index is -0.545. The summed E-state index contributed by atoms with van der Waals surface area (Å²) in [5.74, 6) is 0.266. The average molecular weight is 347 g/mol. The minimum absolute atomic E-state index is 0.00884. The number of fused-ring (bicyclic) bond motifs is 1. The molecule has 1 aliphatic rings. The van der Waals surface area contributed by atoms with E-state index in [-0.39, 0.29) is 18.0 Å². The highest BCUT2D eigenvalue weighted by atomic mass is 35.5. The molecular formula is C16H11ClN2O5. The molecule has 7 nitrogen and oxygen atoms in total. The topological polar surface area (TPSA) is 90.7 Å². The van der Waals surface area contributed by atoms with Crippen molar-refractivity contribution in [1.29, 1.82) is 0 Å². The Morgan fingerprint density at radius 1 is 1.25 bits per heavy atom. The SMILES string of the molecule is O=C(/C=C/c1cc2c(cc1[N+](=O)[O-])OCO2)Nc1cccc(Cl)c1. The fourth-order valence-electron chi connectivity index (χ4n) is 2.15. The molecular weight excluding hydrogens is 336 g/mol. The quantitative estimate of drug-likeness (QED) is 0.518. The van der Waals surface area contributed by atoms with Crippen molar-refractivity contribution in [3.8, 4) is 11.5 Å². The van der Waals surface area contributed by atoms with Crippen LogP contribution in [0.2, 0.25) is 5.02 Å². The van der Waals surface area contributed by atoms with E-state index in [0.717, 1.165) is 0 Å². The molecule has 1 amide bonds. The Kier molecular flexibility index (Phi) is 4.35. The van der Waals surface area contributed by atoms with E-state index in [1.165, 1.54) is 24.3 Å². The number of nitrogens with zero attached hydrogens (tertiary/aromatic N) is 1. The molecule has 1 aliphatic heterocycles. The Labute approximate surface area is 141 Å². The van der Waals surface area contributed by atoms with Crippen molar-refractivity contribution in [3.05, 3.63) is 63.2 Å². The maximum atomic E-state index is 11.9. The van der Waals surface area contributed by atoms with E-state index in [1.807, 2.05) is 0 Å². The molecule has 2 aromatic carbocycles. The number of ether oxygens (including phenoxy) is 2. The first-order valence-corrected chi connectivity index (χ1v) is 7.23. The Hall–Kier alpha value is -3.06. The lowest BCUT2D eigenvalue weighted by atomic mass is 10.1. The molecule has 0 atom stereocenters. The number of nitro benzene ring substituents is 1. The molecule has 0 fully saturated rings. The Morgan fingerprint density at radius 2 is 2.00 bits per heavy atom. The molecule has 24 heavy (non-hydrogen) atoms. The molecule has 1 heterocycles. The van der Waals surface area contributed by atoms with Crippen LogP contribution in [0, 0.1) is 10.1 Å².